The molecule has 0 saturated heterocycles. The fourth-order valence-corrected chi connectivity index (χ4v) is 5.58. The van der Waals surface area contributed by atoms with Crippen LogP contribution in [0.3, 0.4) is 0 Å². The normalized spacial score (nSPS) is 11.7. The summed E-state index contributed by atoms with van der Waals surface area (Å²) < 4.78 is 41.6. The largest absolute Gasteiger partial charge is 0.519 e. The number of ether oxygens (including phenoxy) is 8. The third-order valence-corrected chi connectivity index (χ3v) is 8.26. The zero-order valence-corrected chi connectivity index (χ0v) is 50.9. The minimum atomic E-state index is -1.06. The first-order valence-corrected chi connectivity index (χ1v) is 25.3. The predicted octanol–water partition coefficient (Wildman–Crippen LogP) is 11.5. The Morgan fingerprint density at radius 3 is 1.15 bits per heavy atom. The molecule has 0 radical (unpaired) electrons. The molecular weight excluding hydrogens is 1070 g/mol. The van der Waals surface area contributed by atoms with Crippen molar-refractivity contribution in [1.29, 1.82) is 0 Å². The molecule has 28 nitrogen and oxygen atoms in total. The molecule has 0 bridgehead atoms. The van der Waals surface area contributed by atoms with Gasteiger partial charge in [0.05, 0.1) is 0 Å². The van der Waals surface area contributed by atoms with Gasteiger partial charge < -0.3 is 58.7 Å². The predicted molar refractivity (Wildman–Crippen MR) is 303 cm³/mol. The number of aliphatic hydroxyl groups is 1. The van der Waals surface area contributed by atoms with Crippen LogP contribution >= 0.6 is 0 Å². The summed E-state index contributed by atoms with van der Waals surface area (Å²) in [5.41, 5.74) is 1.35. The van der Waals surface area contributed by atoms with E-state index in [2.05, 4.69) is 44.6 Å². The highest BCUT2D eigenvalue weighted by Crippen LogP contribution is 2.24. The van der Waals surface area contributed by atoms with Crippen LogP contribution in [0.25, 0.3) is 33.1 Å². The van der Waals surface area contributed by atoms with Crippen LogP contribution < -0.4 is 15.5 Å². The van der Waals surface area contributed by atoms with E-state index in [1.54, 1.807) is 176 Å². The molecule has 6 rings (SSSR count). The SMILES string of the molecule is CC(C)(C)OC(=O)N(C(=O)OC(C)(C)C)c1ncc2cc[nH]c2n1.CC(C)(C)OC(=O)N(C(=O)OC(C)(C)C)c1ncc2ccn(C(=O)OC(C)(C)C)c2n1.CC(C)(C)OC(=O)OC(=O)OC(C)(C)C.CO.Nc1ncc2cc[nH]c2n1. The van der Waals surface area contributed by atoms with Crippen molar-refractivity contribution in [2.75, 3.05) is 22.6 Å². The number of aromatic nitrogens is 9. The minimum absolute atomic E-state index is 0.117. The number of imide groups is 2. The van der Waals surface area contributed by atoms with Crippen LogP contribution in [0.4, 0.5) is 51.4 Å². The van der Waals surface area contributed by atoms with Crippen molar-refractivity contribution in [2.24, 2.45) is 0 Å². The molecule has 0 fully saturated rings. The molecule has 5 N–H and O–H groups in total. The van der Waals surface area contributed by atoms with Gasteiger partial charge in [-0.05, 0) is 164 Å². The molecular formula is C54H80N12O16. The first-order valence-electron chi connectivity index (χ1n) is 25.3. The number of carbonyl (C=O) groups is 7. The van der Waals surface area contributed by atoms with E-state index >= 15 is 0 Å². The van der Waals surface area contributed by atoms with E-state index in [0.29, 0.717) is 26.8 Å². The summed E-state index contributed by atoms with van der Waals surface area (Å²) in [6.45, 7) is 35.4. The van der Waals surface area contributed by atoms with Gasteiger partial charge in [-0.25, -0.2) is 53.1 Å². The fraction of sp³-hybridized carbons (Fsp3) is 0.537. The maximum Gasteiger partial charge on any atom is 0.519 e. The van der Waals surface area contributed by atoms with Crippen molar-refractivity contribution in [3.05, 3.63) is 55.4 Å². The smallest absolute Gasteiger partial charge is 0.443 e. The summed E-state index contributed by atoms with van der Waals surface area (Å²) in [6, 6.07) is 5.30. The third-order valence-electron chi connectivity index (χ3n) is 8.26. The van der Waals surface area contributed by atoms with Crippen LogP contribution in [-0.4, -0.2) is 139 Å². The number of aliphatic hydroxyl groups excluding tert-OH is 1. The summed E-state index contributed by atoms with van der Waals surface area (Å²) in [4.78, 5) is 117. The second kappa shape index (κ2) is 27.7. The molecule has 4 amide bonds. The average molecular weight is 1150 g/mol. The van der Waals surface area contributed by atoms with Crippen molar-refractivity contribution < 1.29 is 76.6 Å². The van der Waals surface area contributed by atoms with Crippen molar-refractivity contribution in [1.82, 2.24) is 44.4 Å². The Morgan fingerprint density at radius 1 is 0.451 bits per heavy atom. The fourth-order valence-electron chi connectivity index (χ4n) is 5.58. The summed E-state index contributed by atoms with van der Waals surface area (Å²) >= 11 is 0. The van der Waals surface area contributed by atoms with Crippen LogP contribution in [0, 0.1) is 0 Å². The Balaban J connectivity index is 0.000000396. The number of hydrogen-bond donors (Lipinski definition) is 4. The summed E-state index contributed by atoms with van der Waals surface area (Å²) in [6.07, 6.45) is 2.97. The average Bonchev–Trinajstić information content (AvgIpc) is 4.04. The standard InChI is InChI=1S/C21H30N4O6.C16H22N4O4.C10H18O5.C6H6N4.CH4O/c1-19(2,3)29-16(26)24-11-10-13-12-22-15(23-14(13)24)25(17(27)30-20(4,5)6)18(28)31-21(7,8)9;1-15(2,3)23-13(21)20(14(22)24-16(4,5)6)12-18-9-10-7-8-17-11(10)19-12;1-9(2,3)14-7(11)13-8(12)15-10(4,5)6;7-6-9-3-4-1-2-8-5(4)10-6;1-2/h10-12H,1-9H3;7-9H,1-6H3,(H,17,18,19);1-6H3;1-3H,(H3,7,8,9,10);2H,1H3. The van der Waals surface area contributed by atoms with Crippen molar-refractivity contribution in [3.8, 4) is 0 Å². The summed E-state index contributed by atoms with van der Waals surface area (Å²) in [7, 11) is 1.00. The van der Waals surface area contributed by atoms with Crippen LogP contribution in [0.15, 0.2) is 55.4 Å². The number of H-pyrrole nitrogens is 2. The van der Waals surface area contributed by atoms with Crippen molar-refractivity contribution in [3.63, 3.8) is 0 Å². The van der Waals surface area contributed by atoms with Crippen LogP contribution in [0.5, 0.6) is 0 Å². The maximum absolute atomic E-state index is 12.8. The van der Waals surface area contributed by atoms with Gasteiger partial charge in [0.25, 0.3) is 0 Å². The number of rotatable bonds is 2. The molecule has 0 aliphatic carbocycles. The number of nitrogens with two attached hydrogens (primary N) is 1. The van der Waals surface area contributed by atoms with Gasteiger partial charge in [-0.15, -0.1) is 9.80 Å². The zero-order chi connectivity index (χ0) is 63.1. The summed E-state index contributed by atoms with van der Waals surface area (Å²) in [5.74, 6) is -0.108. The molecule has 6 aromatic rings. The third kappa shape index (κ3) is 25.2. The van der Waals surface area contributed by atoms with Gasteiger partial charge in [0.2, 0.25) is 17.8 Å². The molecule has 0 spiro atoms. The molecule has 28 heteroatoms. The number of fused-ring (bicyclic) bond motifs is 3. The Morgan fingerprint density at radius 2 is 0.780 bits per heavy atom. The van der Waals surface area contributed by atoms with Crippen LogP contribution in [0.1, 0.15) is 145 Å². The van der Waals surface area contributed by atoms with Gasteiger partial charge in [-0.3, -0.25) is 0 Å². The number of aromatic amines is 2. The number of amides is 4. The van der Waals surface area contributed by atoms with Gasteiger partial charge in [-0.1, -0.05) is 0 Å². The quantitative estimate of drug-likeness (QED) is 0.0710. The first-order chi connectivity index (χ1) is 37.3. The van der Waals surface area contributed by atoms with Gasteiger partial charge in [0, 0.05) is 60.4 Å². The van der Waals surface area contributed by atoms with Crippen molar-refractivity contribution in [2.45, 2.75) is 185 Å². The Hall–Kier alpha value is -8.69. The van der Waals surface area contributed by atoms with E-state index < -0.39 is 82.0 Å². The van der Waals surface area contributed by atoms with E-state index in [0.717, 1.165) is 23.5 Å². The van der Waals surface area contributed by atoms with E-state index in [1.165, 1.54) is 23.2 Å². The number of anilines is 3. The molecule has 0 saturated carbocycles. The molecule has 0 aliphatic rings. The lowest BCUT2D eigenvalue weighted by Gasteiger charge is -2.27. The zero-order valence-electron chi connectivity index (χ0n) is 50.9. The van der Waals surface area contributed by atoms with Crippen molar-refractivity contribution >= 4 is 93.7 Å². The summed E-state index contributed by atoms with van der Waals surface area (Å²) in [5, 5.41) is 9.25. The maximum atomic E-state index is 12.8. The molecule has 6 aromatic heterocycles. The van der Waals surface area contributed by atoms with Gasteiger partial charge in [-0.2, -0.15) is 15.0 Å². The highest BCUT2D eigenvalue weighted by atomic mass is 16.8. The van der Waals surface area contributed by atoms with E-state index in [9.17, 15) is 33.6 Å². The number of nitrogens with one attached hydrogen (secondary N) is 2. The van der Waals surface area contributed by atoms with Gasteiger partial charge in [0.1, 0.15) is 50.5 Å². The van der Waals surface area contributed by atoms with Crippen LogP contribution in [-0.2, 0) is 37.9 Å². The lowest BCUT2D eigenvalue weighted by Crippen LogP contribution is -2.44. The van der Waals surface area contributed by atoms with E-state index in [1.807, 2.05) is 6.07 Å². The minimum Gasteiger partial charge on any atom is -0.443 e. The number of carbonyl (C=O) groups excluding carboxylic acids is 7. The lowest BCUT2D eigenvalue weighted by molar-refractivity contribution is -0.0295. The molecule has 82 heavy (non-hydrogen) atoms. The molecule has 0 aromatic carbocycles. The molecule has 0 unspecified atom stereocenters. The number of nitrogen functional groups attached to an aromatic ring is 1. The number of nitrogens with zero attached hydrogens (tertiary/aromatic N) is 9. The molecule has 0 aliphatic heterocycles. The highest BCUT2D eigenvalue weighted by molar-refractivity contribution is 6.09. The second-order valence-electron chi connectivity index (χ2n) is 24.2. The molecule has 452 valence electrons. The van der Waals surface area contributed by atoms with E-state index in [-0.39, 0.29) is 17.5 Å². The first kappa shape index (κ1) is 69.4. The Kier molecular flexibility index (Phi) is 23.4. The lowest BCUT2D eigenvalue weighted by atomic mass is 10.2. The van der Waals surface area contributed by atoms with Gasteiger partial charge >= 0.3 is 42.8 Å². The van der Waals surface area contributed by atoms with Gasteiger partial charge in [0.15, 0.2) is 5.65 Å². The Bertz CT molecular complexity index is 3050. The highest BCUT2D eigenvalue weighted by Gasteiger charge is 2.37. The second-order valence-corrected chi connectivity index (χ2v) is 24.2. The number of hydrogen-bond acceptors (Lipinski definition) is 23. The molecule has 0 atom stereocenters. The monoisotopic (exact) mass is 1150 g/mol. The van der Waals surface area contributed by atoms with Crippen LogP contribution in [0.2, 0.25) is 0 Å². The van der Waals surface area contributed by atoms with E-state index in [4.69, 9.17) is 44.0 Å². The topological polar surface area (TPSA) is 360 Å². The Labute approximate surface area is 476 Å². The molecule has 6 heterocycles.